The van der Waals surface area contributed by atoms with Gasteiger partial charge >= 0.3 is 0 Å². The van der Waals surface area contributed by atoms with Crippen molar-refractivity contribution in [2.45, 2.75) is 25.9 Å². The van der Waals surface area contributed by atoms with Crippen molar-refractivity contribution in [1.82, 2.24) is 0 Å². The van der Waals surface area contributed by atoms with Crippen LogP contribution in [-0.4, -0.2) is 5.11 Å². The molecule has 0 aliphatic carbocycles. The highest BCUT2D eigenvalue weighted by Gasteiger charge is 2.12. The maximum Gasteiger partial charge on any atom is 0.0713 e. The van der Waals surface area contributed by atoms with E-state index in [2.05, 4.69) is 22.0 Å². The molecule has 0 aromatic heterocycles. The van der Waals surface area contributed by atoms with E-state index in [9.17, 15) is 0 Å². The van der Waals surface area contributed by atoms with E-state index in [4.69, 9.17) is 10.4 Å². The summed E-state index contributed by atoms with van der Waals surface area (Å²) in [7, 11) is 0. The van der Waals surface area contributed by atoms with Crippen LogP contribution in [0.15, 0.2) is 22.7 Å². The SMILES string of the molecule is CCC(C#N)c1ccc(Br)cc1CO. The second-order valence-corrected chi connectivity index (χ2v) is 4.01. The predicted octanol–water partition coefficient (Wildman–Crippen LogP) is 2.96. The first-order valence-corrected chi connectivity index (χ1v) is 5.31. The highest BCUT2D eigenvalue weighted by Crippen LogP contribution is 2.25. The Labute approximate surface area is 92.3 Å². The van der Waals surface area contributed by atoms with Crippen molar-refractivity contribution in [3.05, 3.63) is 33.8 Å². The molecule has 0 saturated heterocycles. The molecule has 0 spiro atoms. The van der Waals surface area contributed by atoms with Crippen LogP contribution in [0.5, 0.6) is 0 Å². The van der Waals surface area contributed by atoms with Gasteiger partial charge in [0.05, 0.1) is 18.6 Å². The first-order chi connectivity index (χ1) is 6.72. The Morgan fingerprint density at radius 2 is 2.29 bits per heavy atom. The van der Waals surface area contributed by atoms with E-state index in [-0.39, 0.29) is 12.5 Å². The van der Waals surface area contributed by atoms with Crippen molar-refractivity contribution < 1.29 is 5.11 Å². The van der Waals surface area contributed by atoms with Crippen LogP contribution in [0.4, 0.5) is 0 Å². The number of aliphatic hydroxyl groups excluding tert-OH is 1. The van der Waals surface area contributed by atoms with Gasteiger partial charge in [0.25, 0.3) is 0 Å². The molecule has 0 aliphatic heterocycles. The lowest BCUT2D eigenvalue weighted by Gasteiger charge is -2.11. The molecule has 1 N–H and O–H groups in total. The molecule has 2 nitrogen and oxygen atoms in total. The van der Waals surface area contributed by atoms with Crippen LogP contribution in [0.1, 0.15) is 30.4 Å². The fourth-order valence-electron chi connectivity index (χ4n) is 1.43. The first kappa shape index (κ1) is 11.2. The van der Waals surface area contributed by atoms with Gasteiger partial charge < -0.3 is 5.11 Å². The Morgan fingerprint density at radius 1 is 1.57 bits per heavy atom. The molecule has 14 heavy (non-hydrogen) atoms. The van der Waals surface area contributed by atoms with Crippen molar-refractivity contribution in [3.63, 3.8) is 0 Å². The lowest BCUT2D eigenvalue weighted by atomic mass is 9.94. The summed E-state index contributed by atoms with van der Waals surface area (Å²) in [5.74, 6) is -0.120. The number of benzene rings is 1. The smallest absolute Gasteiger partial charge is 0.0713 e. The molecule has 0 amide bonds. The number of aliphatic hydroxyl groups is 1. The molecular formula is C11H12BrNO. The molecule has 74 valence electrons. The van der Waals surface area contributed by atoms with Crippen LogP contribution in [0.3, 0.4) is 0 Å². The molecule has 3 heteroatoms. The number of hydrogen-bond acceptors (Lipinski definition) is 2. The van der Waals surface area contributed by atoms with Gasteiger partial charge in [0.2, 0.25) is 0 Å². The lowest BCUT2D eigenvalue weighted by molar-refractivity contribution is 0.280. The third-order valence-electron chi connectivity index (χ3n) is 2.21. The van der Waals surface area contributed by atoms with E-state index in [1.165, 1.54) is 0 Å². The maximum absolute atomic E-state index is 9.15. The molecule has 1 unspecified atom stereocenters. The van der Waals surface area contributed by atoms with Crippen LogP contribution >= 0.6 is 15.9 Å². The zero-order valence-electron chi connectivity index (χ0n) is 8.00. The van der Waals surface area contributed by atoms with Crippen molar-refractivity contribution >= 4 is 15.9 Å². The Bertz CT molecular complexity index is 357. The Morgan fingerprint density at radius 3 is 2.79 bits per heavy atom. The normalized spacial score (nSPS) is 12.1. The molecule has 0 radical (unpaired) electrons. The molecule has 0 saturated carbocycles. The van der Waals surface area contributed by atoms with Crippen molar-refractivity contribution in [1.29, 1.82) is 5.26 Å². The third-order valence-corrected chi connectivity index (χ3v) is 2.71. The minimum atomic E-state index is -0.120. The topological polar surface area (TPSA) is 44.0 Å². The van der Waals surface area contributed by atoms with Gasteiger partial charge in [0.1, 0.15) is 0 Å². The standard InChI is InChI=1S/C11H12BrNO/c1-2-8(6-13)11-4-3-10(12)5-9(11)7-14/h3-5,8,14H,2,7H2,1H3. The summed E-state index contributed by atoms with van der Waals surface area (Å²) in [6.07, 6.45) is 0.769. The Balaban J connectivity index is 3.14. The van der Waals surface area contributed by atoms with Gasteiger partial charge in [0.15, 0.2) is 0 Å². The number of nitrogens with zero attached hydrogens (tertiary/aromatic N) is 1. The number of halogens is 1. The van der Waals surface area contributed by atoms with Crippen LogP contribution < -0.4 is 0 Å². The van der Waals surface area contributed by atoms with Crippen molar-refractivity contribution in [2.75, 3.05) is 0 Å². The quantitative estimate of drug-likeness (QED) is 0.901. The molecule has 1 aromatic rings. The fraction of sp³-hybridized carbons (Fsp3) is 0.364. The van der Waals surface area contributed by atoms with Crippen molar-refractivity contribution in [3.8, 4) is 6.07 Å². The average molecular weight is 254 g/mol. The summed E-state index contributed by atoms with van der Waals surface area (Å²) in [5, 5.41) is 18.1. The number of nitriles is 1. The van der Waals surface area contributed by atoms with Gasteiger partial charge in [0, 0.05) is 4.47 Å². The molecule has 1 aromatic carbocycles. The molecular weight excluding hydrogens is 242 g/mol. The van der Waals surface area contributed by atoms with Gasteiger partial charge in [-0.3, -0.25) is 0 Å². The summed E-state index contributed by atoms with van der Waals surface area (Å²) < 4.78 is 0.929. The van der Waals surface area contributed by atoms with E-state index in [1.807, 2.05) is 25.1 Å². The third kappa shape index (κ3) is 2.34. The summed E-state index contributed by atoms with van der Waals surface area (Å²) in [4.78, 5) is 0. The molecule has 0 aliphatic rings. The predicted molar refractivity (Wildman–Crippen MR) is 58.7 cm³/mol. The van der Waals surface area contributed by atoms with Gasteiger partial charge in [-0.1, -0.05) is 28.9 Å². The van der Waals surface area contributed by atoms with Crippen LogP contribution in [0, 0.1) is 11.3 Å². The Hall–Kier alpha value is -0.850. The minimum Gasteiger partial charge on any atom is -0.392 e. The minimum absolute atomic E-state index is 0.0209. The largest absolute Gasteiger partial charge is 0.392 e. The van der Waals surface area contributed by atoms with Gasteiger partial charge in [-0.05, 0) is 29.7 Å². The van der Waals surface area contributed by atoms with E-state index in [0.717, 1.165) is 22.0 Å². The number of rotatable bonds is 3. The molecule has 0 fully saturated rings. The number of hydrogen-bond donors (Lipinski definition) is 1. The lowest BCUT2D eigenvalue weighted by Crippen LogP contribution is -1.99. The molecule has 1 rings (SSSR count). The maximum atomic E-state index is 9.15. The van der Waals surface area contributed by atoms with E-state index < -0.39 is 0 Å². The van der Waals surface area contributed by atoms with Gasteiger partial charge in [-0.15, -0.1) is 0 Å². The fourth-order valence-corrected chi connectivity index (χ4v) is 1.84. The summed E-state index contributed by atoms with van der Waals surface area (Å²) in [5.41, 5.74) is 1.76. The summed E-state index contributed by atoms with van der Waals surface area (Å²) >= 11 is 3.34. The molecule has 0 bridgehead atoms. The first-order valence-electron chi connectivity index (χ1n) is 4.51. The van der Waals surface area contributed by atoms with Gasteiger partial charge in [-0.25, -0.2) is 0 Å². The van der Waals surface area contributed by atoms with Gasteiger partial charge in [-0.2, -0.15) is 5.26 Å². The zero-order valence-corrected chi connectivity index (χ0v) is 9.58. The van der Waals surface area contributed by atoms with Crippen LogP contribution in [-0.2, 0) is 6.61 Å². The molecule has 0 heterocycles. The second kappa shape index (κ2) is 5.14. The highest BCUT2D eigenvalue weighted by atomic mass is 79.9. The van der Waals surface area contributed by atoms with Crippen LogP contribution in [0.25, 0.3) is 0 Å². The van der Waals surface area contributed by atoms with E-state index in [0.29, 0.717) is 0 Å². The zero-order chi connectivity index (χ0) is 10.6. The van der Waals surface area contributed by atoms with E-state index in [1.54, 1.807) is 0 Å². The molecule has 1 atom stereocenters. The van der Waals surface area contributed by atoms with Crippen LogP contribution in [0.2, 0.25) is 0 Å². The summed E-state index contributed by atoms with van der Waals surface area (Å²) in [6.45, 7) is 1.95. The van der Waals surface area contributed by atoms with Crippen molar-refractivity contribution in [2.24, 2.45) is 0 Å². The second-order valence-electron chi connectivity index (χ2n) is 3.09. The Kier molecular flexibility index (Phi) is 4.12. The highest BCUT2D eigenvalue weighted by molar-refractivity contribution is 9.10. The summed E-state index contributed by atoms with van der Waals surface area (Å²) in [6, 6.07) is 7.89. The van der Waals surface area contributed by atoms with E-state index >= 15 is 0 Å². The monoisotopic (exact) mass is 253 g/mol. The average Bonchev–Trinajstić information content (AvgIpc) is 2.21.